The average molecular weight is 222 g/mol. The summed E-state index contributed by atoms with van der Waals surface area (Å²) in [6.45, 7) is 0. The highest BCUT2D eigenvalue weighted by Crippen LogP contribution is 2.28. The van der Waals surface area contributed by atoms with Crippen molar-refractivity contribution in [2.45, 2.75) is 12.7 Å². The molecule has 0 radical (unpaired) electrons. The Kier molecular flexibility index (Phi) is 2.83. The van der Waals surface area contributed by atoms with E-state index in [0.717, 1.165) is 11.1 Å². The number of phenols is 1. The number of nitrogens with one attached hydrogen (secondary N) is 1. The van der Waals surface area contributed by atoms with Crippen molar-refractivity contribution in [2.24, 2.45) is 0 Å². The van der Waals surface area contributed by atoms with E-state index in [9.17, 15) is 9.50 Å². The molecule has 86 valence electrons. The van der Waals surface area contributed by atoms with E-state index < -0.39 is 6.30 Å². The quantitative estimate of drug-likeness (QED) is 0.782. The minimum Gasteiger partial charge on any atom is -0.507 e. The van der Waals surface area contributed by atoms with E-state index in [1.165, 1.54) is 4.90 Å². The summed E-state index contributed by atoms with van der Waals surface area (Å²) in [4.78, 5) is 4.54. The van der Waals surface area contributed by atoms with Crippen LogP contribution < -0.4 is 0 Å². The molecule has 0 aliphatic rings. The van der Waals surface area contributed by atoms with Crippen LogP contribution in [0.4, 0.5) is 4.39 Å². The van der Waals surface area contributed by atoms with Crippen molar-refractivity contribution in [3.05, 3.63) is 30.0 Å². The van der Waals surface area contributed by atoms with Crippen LogP contribution >= 0.6 is 0 Å². The molecule has 1 unspecified atom stereocenters. The molecule has 0 fully saturated rings. The molecule has 2 N–H and O–H groups in total. The molecule has 0 saturated heterocycles. The van der Waals surface area contributed by atoms with Gasteiger partial charge in [0.25, 0.3) is 0 Å². The summed E-state index contributed by atoms with van der Waals surface area (Å²) in [5, 5.41) is 10.5. The standard InChI is InChI=1S/C12H15FN2O/c1-15(2)11(13)6-8-7-14-9-4-3-5-10(16)12(8)9/h3-5,7,11,14,16H,6H2,1-2H3. The van der Waals surface area contributed by atoms with Gasteiger partial charge in [-0.1, -0.05) is 6.07 Å². The predicted molar refractivity (Wildman–Crippen MR) is 62.3 cm³/mol. The van der Waals surface area contributed by atoms with Crippen molar-refractivity contribution in [1.29, 1.82) is 0 Å². The molecular formula is C12H15FN2O. The second kappa shape index (κ2) is 4.14. The van der Waals surface area contributed by atoms with Gasteiger partial charge >= 0.3 is 0 Å². The van der Waals surface area contributed by atoms with Gasteiger partial charge in [-0.15, -0.1) is 0 Å². The van der Waals surface area contributed by atoms with Crippen LogP contribution in [0, 0.1) is 0 Å². The smallest absolute Gasteiger partial charge is 0.157 e. The summed E-state index contributed by atoms with van der Waals surface area (Å²) in [5.74, 6) is 0.194. The minimum absolute atomic E-state index is 0.194. The van der Waals surface area contributed by atoms with E-state index >= 15 is 0 Å². The Balaban J connectivity index is 2.38. The number of fused-ring (bicyclic) bond motifs is 1. The molecule has 2 aromatic rings. The summed E-state index contributed by atoms with van der Waals surface area (Å²) >= 11 is 0. The summed E-state index contributed by atoms with van der Waals surface area (Å²) in [5.41, 5.74) is 1.63. The van der Waals surface area contributed by atoms with Crippen LogP contribution in [0.15, 0.2) is 24.4 Å². The monoisotopic (exact) mass is 222 g/mol. The number of likely N-dealkylation sites (N-methyl/N-ethyl adjacent to an activating group) is 1. The Morgan fingerprint density at radius 2 is 2.19 bits per heavy atom. The van der Waals surface area contributed by atoms with Gasteiger partial charge in [-0.25, -0.2) is 4.39 Å². The van der Waals surface area contributed by atoms with E-state index in [1.807, 2.05) is 6.07 Å². The van der Waals surface area contributed by atoms with Crippen LogP contribution in [-0.4, -0.2) is 35.4 Å². The van der Waals surface area contributed by atoms with Crippen molar-refractivity contribution in [3.63, 3.8) is 0 Å². The van der Waals surface area contributed by atoms with Crippen molar-refractivity contribution in [3.8, 4) is 5.75 Å². The van der Waals surface area contributed by atoms with E-state index in [-0.39, 0.29) is 12.2 Å². The molecule has 3 nitrogen and oxygen atoms in total. The molecule has 1 aromatic heterocycles. The fourth-order valence-corrected chi connectivity index (χ4v) is 1.76. The van der Waals surface area contributed by atoms with E-state index in [2.05, 4.69) is 4.98 Å². The SMILES string of the molecule is CN(C)C(F)Cc1c[nH]c2cccc(O)c12. The first kappa shape index (κ1) is 11.0. The van der Waals surface area contributed by atoms with Gasteiger partial charge in [0.15, 0.2) is 6.30 Å². The lowest BCUT2D eigenvalue weighted by atomic mass is 10.1. The number of hydrogen-bond donors (Lipinski definition) is 2. The molecule has 0 spiro atoms. The van der Waals surface area contributed by atoms with Gasteiger partial charge in [-0.2, -0.15) is 0 Å². The third-order valence-corrected chi connectivity index (χ3v) is 2.71. The van der Waals surface area contributed by atoms with E-state index in [1.54, 1.807) is 32.4 Å². The topological polar surface area (TPSA) is 39.3 Å². The average Bonchev–Trinajstić information content (AvgIpc) is 2.63. The molecule has 0 aliphatic heterocycles. The van der Waals surface area contributed by atoms with Crippen molar-refractivity contribution in [1.82, 2.24) is 9.88 Å². The van der Waals surface area contributed by atoms with Crippen LogP contribution in [0.2, 0.25) is 0 Å². The Hall–Kier alpha value is -1.55. The van der Waals surface area contributed by atoms with Gasteiger partial charge in [0.1, 0.15) is 5.75 Å². The third-order valence-electron chi connectivity index (χ3n) is 2.71. The fraction of sp³-hybridized carbons (Fsp3) is 0.333. The molecule has 0 aliphatic carbocycles. The Bertz CT molecular complexity index is 493. The van der Waals surface area contributed by atoms with Crippen LogP contribution in [0.5, 0.6) is 5.75 Å². The van der Waals surface area contributed by atoms with Gasteiger partial charge in [0, 0.05) is 23.5 Å². The molecule has 2 rings (SSSR count). The first-order valence-corrected chi connectivity index (χ1v) is 5.18. The fourth-order valence-electron chi connectivity index (χ4n) is 1.76. The number of aromatic hydroxyl groups is 1. The highest BCUT2D eigenvalue weighted by Gasteiger charge is 2.14. The van der Waals surface area contributed by atoms with Gasteiger partial charge in [0.05, 0.1) is 0 Å². The highest BCUT2D eigenvalue weighted by atomic mass is 19.1. The zero-order chi connectivity index (χ0) is 11.7. The number of aromatic amines is 1. The largest absolute Gasteiger partial charge is 0.507 e. The van der Waals surface area contributed by atoms with Crippen LogP contribution in [0.1, 0.15) is 5.56 Å². The summed E-state index contributed by atoms with van der Waals surface area (Å²) in [6.07, 6.45) is 0.976. The Morgan fingerprint density at radius 3 is 2.88 bits per heavy atom. The number of hydrogen-bond acceptors (Lipinski definition) is 2. The molecule has 1 heterocycles. The van der Waals surface area contributed by atoms with Crippen molar-refractivity contribution >= 4 is 10.9 Å². The number of nitrogens with zero attached hydrogens (tertiary/aromatic N) is 1. The maximum atomic E-state index is 13.6. The maximum absolute atomic E-state index is 13.6. The first-order chi connectivity index (χ1) is 7.59. The first-order valence-electron chi connectivity index (χ1n) is 5.18. The Morgan fingerprint density at radius 1 is 1.44 bits per heavy atom. The lowest BCUT2D eigenvalue weighted by molar-refractivity contribution is 0.138. The molecule has 0 amide bonds. The molecule has 1 aromatic carbocycles. The normalized spacial score (nSPS) is 13.5. The number of phenolic OH excluding ortho intramolecular Hbond substituents is 1. The predicted octanol–water partition coefficient (Wildman–Crippen LogP) is 2.27. The van der Waals surface area contributed by atoms with E-state index in [0.29, 0.717) is 5.39 Å². The lowest BCUT2D eigenvalue weighted by Crippen LogP contribution is -2.25. The zero-order valence-electron chi connectivity index (χ0n) is 9.37. The summed E-state index contributed by atoms with van der Waals surface area (Å²) in [6, 6.07) is 5.24. The maximum Gasteiger partial charge on any atom is 0.157 e. The number of halogens is 1. The molecule has 0 bridgehead atoms. The van der Waals surface area contributed by atoms with E-state index in [4.69, 9.17) is 0 Å². The lowest BCUT2D eigenvalue weighted by Gasteiger charge is -2.15. The number of rotatable bonds is 3. The zero-order valence-corrected chi connectivity index (χ0v) is 9.37. The van der Waals surface area contributed by atoms with Gasteiger partial charge in [-0.05, 0) is 31.8 Å². The Labute approximate surface area is 93.5 Å². The van der Waals surface area contributed by atoms with Crippen LogP contribution in [0.3, 0.4) is 0 Å². The number of aromatic nitrogens is 1. The molecular weight excluding hydrogens is 207 g/mol. The van der Waals surface area contributed by atoms with Gasteiger partial charge in [-0.3, -0.25) is 4.90 Å². The van der Waals surface area contributed by atoms with Gasteiger partial charge < -0.3 is 10.1 Å². The molecule has 16 heavy (non-hydrogen) atoms. The second-order valence-corrected chi connectivity index (χ2v) is 4.12. The molecule has 4 heteroatoms. The summed E-state index contributed by atoms with van der Waals surface area (Å²) < 4.78 is 13.6. The van der Waals surface area contributed by atoms with Crippen LogP contribution in [0.25, 0.3) is 10.9 Å². The highest BCUT2D eigenvalue weighted by molar-refractivity contribution is 5.88. The number of alkyl halides is 1. The number of H-pyrrole nitrogens is 1. The van der Waals surface area contributed by atoms with Crippen LogP contribution in [-0.2, 0) is 6.42 Å². The van der Waals surface area contributed by atoms with Crippen molar-refractivity contribution < 1.29 is 9.50 Å². The van der Waals surface area contributed by atoms with Gasteiger partial charge in [0.2, 0.25) is 0 Å². The second-order valence-electron chi connectivity index (χ2n) is 4.12. The minimum atomic E-state index is -1.04. The summed E-state index contributed by atoms with van der Waals surface area (Å²) in [7, 11) is 3.39. The number of benzene rings is 1. The van der Waals surface area contributed by atoms with Crippen molar-refractivity contribution in [2.75, 3.05) is 14.1 Å². The molecule has 1 atom stereocenters. The third kappa shape index (κ3) is 1.88. The molecule has 0 saturated carbocycles.